The second-order valence-electron chi connectivity index (χ2n) is 8.25. The number of alkyl halides is 2. The number of benzene rings is 3. The van der Waals surface area contributed by atoms with E-state index in [0.717, 1.165) is 12.3 Å². The van der Waals surface area contributed by atoms with Crippen LogP contribution in [-0.4, -0.2) is 34.2 Å². The fourth-order valence-electron chi connectivity index (χ4n) is 3.35. The van der Waals surface area contributed by atoms with Crippen LogP contribution in [0.15, 0.2) is 75.0 Å². The molecule has 0 aliphatic carbocycles. The lowest BCUT2D eigenvalue weighted by Gasteiger charge is -2.19. The maximum Gasteiger partial charge on any atom is 0.399 e. The SMILES string of the molecule is CS(=O)(=O)c1ccc(-c2nn(Cc3ccc(C(F)(F)P(=O)(O)O)c(Br)c3)/c(=N/c3ccc(Cl)c(Cl)c3)s2)cc1. The second-order valence-corrected chi connectivity index (χ2v) is 14.5. The predicted octanol–water partition coefficient (Wildman–Crippen LogP) is 6.59. The molecule has 206 valence electrons. The van der Waals surface area contributed by atoms with Crippen LogP contribution in [0, 0.1) is 0 Å². The van der Waals surface area contributed by atoms with Crippen molar-refractivity contribution >= 4 is 73.6 Å². The highest BCUT2D eigenvalue weighted by Gasteiger charge is 2.51. The molecule has 1 aromatic heterocycles. The van der Waals surface area contributed by atoms with Crippen molar-refractivity contribution in [1.82, 2.24) is 9.78 Å². The smallest absolute Gasteiger partial charge is 0.320 e. The van der Waals surface area contributed by atoms with E-state index in [2.05, 4.69) is 26.0 Å². The van der Waals surface area contributed by atoms with Gasteiger partial charge in [0, 0.05) is 21.9 Å². The summed E-state index contributed by atoms with van der Waals surface area (Å²) >= 11 is 16.3. The summed E-state index contributed by atoms with van der Waals surface area (Å²) in [6.45, 7) is 0.0540. The Balaban J connectivity index is 1.79. The highest BCUT2D eigenvalue weighted by molar-refractivity contribution is 9.10. The maximum absolute atomic E-state index is 14.3. The van der Waals surface area contributed by atoms with E-state index in [9.17, 15) is 21.8 Å². The Morgan fingerprint density at radius 3 is 2.31 bits per heavy atom. The third kappa shape index (κ3) is 6.68. The molecular formula is C23H17BrCl2F2N3O5PS2. The summed E-state index contributed by atoms with van der Waals surface area (Å²) in [6, 6.07) is 14.5. The molecule has 0 fully saturated rings. The first-order chi connectivity index (χ1) is 18.1. The number of hydrogen-bond acceptors (Lipinski definition) is 6. The summed E-state index contributed by atoms with van der Waals surface area (Å²) < 4.78 is 64.8. The van der Waals surface area contributed by atoms with E-state index in [1.54, 1.807) is 30.3 Å². The zero-order chi connectivity index (χ0) is 28.8. The molecule has 0 unspecified atom stereocenters. The van der Waals surface area contributed by atoms with Crippen molar-refractivity contribution in [3.63, 3.8) is 0 Å². The lowest BCUT2D eigenvalue weighted by molar-refractivity contribution is 0.0557. The lowest BCUT2D eigenvalue weighted by atomic mass is 10.1. The number of hydrogen-bond donors (Lipinski definition) is 2. The molecule has 4 rings (SSSR count). The molecule has 0 saturated carbocycles. The van der Waals surface area contributed by atoms with Crippen molar-refractivity contribution in [2.24, 2.45) is 4.99 Å². The number of nitrogens with zero attached hydrogens (tertiary/aromatic N) is 3. The van der Waals surface area contributed by atoms with E-state index in [4.69, 9.17) is 33.0 Å². The van der Waals surface area contributed by atoms with Crippen LogP contribution >= 0.6 is 58.1 Å². The summed E-state index contributed by atoms with van der Waals surface area (Å²) in [5.74, 6) is 0. The van der Waals surface area contributed by atoms with Crippen LogP contribution in [0.1, 0.15) is 11.1 Å². The predicted molar refractivity (Wildman–Crippen MR) is 150 cm³/mol. The second kappa shape index (κ2) is 11.1. The number of halogens is 5. The van der Waals surface area contributed by atoms with E-state index in [-0.39, 0.29) is 20.9 Å². The van der Waals surface area contributed by atoms with Gasteiger partial charge in [0.05, 0.1) is 27.2 Å². The standard InChI is InChI=1S/C23H17BrCl2F2N3O5PS2/c1-39(35,36)16-6-3-14(4-7-16)21-30-31(22(38-21)29-15-5-9-19(25)20(26)11-15)12-13-2-8-17(18(24)10-13)23(27,28)37(32,33)34/h2-11H,12H2,1H3,(H2,32,33,34)/b29-22-. The van der Waals surface area contributed by atoms with E-state index in [1.807, 2.05) is 0 Å². The number of rotatable bonds is 7. The molecule has 1 heterocycles. The van der Waals surface area contributed by atoms with Crippen molar-refractivity contribution in [1.29, 1.82) is 0 Å². The zero-order valence-corrected chi connectivity index (χ0v) is 25.2. The average molecular weight is 699 g/mol. The van der Waals surface area contributed by atoms with Crippen LogP contribution in [0.25, 0.3) is 10.6 Å². The van der Waals surface area contributed by atoms with Crippen LogP contribution < -0.4 is 4.80 Å². The average Bonchev–Trinajstić information content (AvgIpc) is 3.22. The fraction of sp³-hybridized carbons (Fsp3) is 0.130. The van der Waals surface area contributed by atoms with E-state index in [0.29, 0.717) is 31.6 Å². The van der Waals surface area contributed by atoms with Crippen molar-refractivity contribution in [3.05, 3.63) is 91.1 Å². The van der Waals surface area contributed by atoms with Crippen molar-refractivity contribution < 1.29 is 31.6 Å². The molecule has 2 N–H and O–H groups in total. The Hall–Kier alpha value is -1.96. The van der Waals surface area contributed by atoms with E-state index >= 15 is 0 Å². The fourth-order valence-corrected chi connectivity index (χ4v) is 6.54. The minimum absolute atomic E-state index is 0.0540. The third-order valence-electron chi connectivity index (χ3n) is 5.33. The first-order valence-electron chi connectivity index (χ1n) is 10.7. The highest BCUT2D eigenvalue weighted by atomic mass is 79.9. The molecule has 8 nitrogen and oxygen atoms in total. The number of sulfone groups is 1. The molecule has 0 aliphatic heterocycles. The van der Waals surface area contributed by atoms with Gasteiger partial charge in [-0.15, -0.1) is 0 Å². The van der Waals surface area contributed by atoms with Gasteiger partial charge in [-0.05, 0) is 42.0 Å². The Kier molecular flexibility index (Phi) is 8.57. The van der Waals surface area contributed by atoms with Crippen LogP contribution in [0.3, 0.4) is 0 Å². The Morgan fingerprint density at radius 1 is 1.08 bits per heavy atom. The summed E-state index contributed by atoms with van der Waals surface area (Å²) in [4.78, 5) is 23.3. The van der Waals surface area contributed by atoms with Gasteiger partial charge in [0.25, 0.3) is 0 Å². The Bertz CT molecular complexity index is 1790. The van der Waals surface area contributed by atoms with Gasteiger partial charge in [-0.3, -0.25) is 4.57 Å². The largest absolute Gasteiger partial charge is 0.399 e. The summed E-state index contributed by atoms with van der Waals surface area (Å²) in [7, 11) is -9.14. The Labute approximate surface area is 243 Å². The minimum Gasteiger partial charge on any atom is -0.320 e. The molecular weight excluding hydrogens is 682 g/mol. The van der Waals surface area contributed by atoms with Crippen LogP contribution in [0.5, 0.6) is 0 Å². The quantitative estimate of drug-likeness (QED) is 0.210. The van der Waals surface area contributed by atoms with Gasteiger partial charge in [0.1, 0.15) is 5.01 Å². The Morgan fingerprint density at radius 2 is 1.74 bits per heavy atom. The number of aromatic nitrogens is 2. The summed E-state index contributed by atoms with van der Waals surface area (Å²) in [5.41, 5.74) is -3.66. The molecule has 0 saturated heterocycles. The van der Waals surface area contributed by atoms with Crippen molar-refractivity contribution in [2.75, 3.05) is 6.26 Å². The first kappa shape index (κ1) is 30.0. The normalized spacial score (nSPS) is 13.2. The van der Waals surface area contributed by atoms with Crippen LogP contribution in [-0.2, 0) is 26.6 Å². The zero-order valence-electron chi connectivity index (χ0n) is 19.6. The van der Waals surface area contributed by atoms with Gasteiger partial charge >= 0.3 is 13.3 Å². The molecule has 0 radical (unpaired) electrons. The molecule has 0 aliphatic rings. The van der Waals surface area contributed by atoms with Gasteiger partial charge in [-0.1, -0.05) is 74.7 Å². The third-order valence-corrected chi connectivity index (χ3v) is 9.82. The summed E-state index contributed by atoms with van der Waals surface area (Å²) in [6.07, 6.45) is 1.10. The molecule has 16 heteroatoms. The lowest BCUT2D eigenvalue weighted by Crippen LogP contribution is -2.18. The van der Waals surface area contributed by atoms with Crippen LogP contribution in [0.2, 0.25) is 10.0 Å². The molecule has 3 aromatic carbocycles. The van der Waals surface area contributed by atoms with E-state index in [1.165, 1.54) is 40.3 Å². The molecule has 0 atom stereocenters. The van der Waals surface area contributed by atoms with Crippen LogP contribution in [0.4, 0.5) is 14.5 Å². The van der Waals surface area contributed by atoms with Gasteiger partial charge < -0.3 is 9.79 Å². The van der Waals surface area contributed by atoms with Crippen molar-refractivity contribution in [2.45, 2.75) is 17.1 Å². The van der Waals surface area contributed by atoms with Gasteiger partial charge in [-0.25, -0.2) is 18.1 Å². The molecule has 4 aromatic rings. The monoisotopic (exact) mass is 697 g/mol. The molecule has 39 heavy (non-hydrogen) atoms. The van der Waals surface area contributed by atoms with Crippen molar-refractivity contribution in [3.8, 4) is 10.6 Å². The molecule has 0 bridgehead atoms. The highest BCUT2D eigenvalue weighted by Crippen LogP contribution is 2.60. The first-order valence-corrected chi connectivity index (χ1v) is 16.5. The molecule has 0 spiro atoms. The minimum atomic E-state index is -5.75. The summed E-state index contributed by atoms with van der Waals surface area (Å²) in [5, 5.41) is 5.72. The molecule has 0 amide bonds. The van der Waals surface area contributed by atoms with Gasteiger partial charge in [0.15, 0.2) is 9.84 Å². The van der Waals surface area contributed by atoms with E-state index < -0.39 is 28.7 Å². The topological polar surface area (TPSA) is 122 Å². The van der Waals surface area contributed by atoms with Gasteiger partial charge in [0.2, 0.25) is 4.80 Å². The van der Waals surface area contributed by atoms with Gasteiger partial charge in [-0.2, -0.15) is 13.9 Å². The maximum atomic E-state index is 14.3.